The molecule has 1 aliphatic heterocycles. The molecule has 2 aliphatic rings. The number of aliphatic hydroxyl groups excluding tert-OH is 2. The van der Waals surface area contributed by atoms with Crippen LogP contribution in [0.15, 0.2) is 17.1 Å². The minimum Gasteiger partial charge on any atom is -0.392 e. The summed E-state index contributed by atoms with van der Waals surface area (Å²) in [6.07, 6.45) is 8.48. The normalized spacial score (nSPS) is 32.1. The molecule has 2 rings (SSSR count). The van der Waals surface area contributed by atoms with Crippen molar-refractivity contribution in [3.63, 3.8) is 0 Å². The molecule has 1 aliphatic carbocycles. The summed E-state index contributed by atoms with van der Waals surface area (Å²) in [5.74, 6) is -0.0614. The lowest BCUT2D eigenvalue weighted by molar-refractivity contribution is -0.110. The first-order chi connectivity index (χ1) is 12.8. The number of aliphatic hydroxyl groups is 2. The quantitative estimate of drug-likeness (QED) is 0.392. The molecule has 27 heavy (non-hydrogen) atoms. The molecule has 6 heteroatoms. The van der Waals surface area contributed by atoms with Gasteiger partial charge in [0, 0.05) is 30.4 Å². The summed E-state index contributed by atoms with van der Waals surface area (Å²) >= 11 is 3.79. The van der Waals surface area contributed by atoms with E-state index in [1.54, 1.807) is 6.08 Å². The van der Waals surface area contributed by atoms with Crippen LogP contribution in [0.4, 0.5) is 0 Å². The van der Waals surface area contributed by atoms with E-state index in [1.807, 2.05) is 13.0 Å². The minimum atomic E-state index is -0.868. The number of thiol groups is 1. The lowest BCUT2D eigenvalue weighted by Crippen LogP contribution is -2.27. The Labute approximate surface area is 168 Å². The number of fused-ring (bicyclic) bond motifs is 1. The second kappa shape index (κ2) is 9.86. The fourth-order valence-corrected chi connectivity index (χ4v) is 4.51. The van der Waals surface area contributed by atoms with Crippen LogP contribution >= 0.6 is 12.6 Å². The summed E-state index contributed by atoms with van der Waals surface area (Å²) in [5, 5.41) is 30.5. The average Bonchev–Trinajstić information content (AvgIpc) is 3.09. The number of carbonyl (C=O) groups excluding carboxylic acids is 1. The molecule has 0 aromatic rings. The van der Waals surface area contributed by atoms with Gasteiger partial charge in [0.25, 0.3) is 0 Å². The summed E-state index contributed by atoms with van der Waals surface area (Å²) in [6, 6.07) is 2.34. The largest absolute Gasteiger partial charge is 0.392 e. The molecule has 0 amide bonds. The maximum atomic E-state index is 11.0. The van der Waals surface area contributed by atoms with Crippen molar-refractivity contribution >= 4 is 23.5 Å². The number of unbranched alkanes of at least 4 members (excludes halogenated alkanes) is 1. The molecule has 1 heterocycles. The molecule has 1 saturated carbocycles. The van der Waals surface area contributed by atoms with E-state index in [9.17, 15) is 20.3 Å². The van der Waals surface area contributed by atoms with E-state index < -0.39 is 17.7 Å². The van der Waals surface area contributed by atoms with Crippen LogP contribution in [0.3, 0.4) is 0 Å². The number of aliphatic imine (C=N–C) groups is 1. The van der Waals surface area contributed by atoms with Crippen LogP contribution in [0, 0.1) is 29.1 Å². The van der Waals surface area contributed by atoms with Crippen LogP contribution in [-0.4, -0.2) is 38.8 Å². The molecular formula is C21H32N2O3S. The molecule has 0 spiro atoms. The minimum absolute atomic E-state index is 0.0615. The fourth-order valence-electron chi connectivity index (χ4n) is 4.35. The Morgan fingerprint density at radius 1 is 1.52 bits per heavy atom. The van der Waals surface area contributed by atoms with Crippen molar-refractivity contribution in [1.82, 2.24) is 0 Å². The van der Waals surface area contributed by atoms with Crippen LogP contribution < -0.4 is 0 Å². The highest BCUT2D eigenvalue weighted by atomic mass is 32.1. The third-order valence-corrected chi connectivity index (χ3v) is 6.26. The number of nitrogens with zero attached hydrogens (tertiary/aromatic N) is 2. The van der Waals surface area contributed by atoms with E-state index in [0.29, 0.717) is 32.1 Å². The summed E-state index contributed by atoms with van der Waals surface area (Å²) in [5.41, 5.74) is 0.0892. The van der Waals surface area contributed by atoms with Gasteiger partial charge in [0.05, 0.1) is 18.3 Å². The topological polar surface area (TPSA) is 93.7 Å². The molecule has 0 bridgehead atoms. The molecule has 5 nitrogen and oxygen atoms in total. The van der Waals surface area contributed by atoms with Gasteiger partial charge in [-0.25, -0.2) is 0 Å². The third-order valence-electron chi connectivity index (χ3n) is 6.03. The first kappa shape index (κ1) is 22.1. The Hall–Kier alpha value is -1.16. The van der Waals surface area contributed by atoms with Gasteiger partial charge in [-0.1, -0.05) is 38.8 Å². The van der Waals surface area contributed by atoms with Gasteiger partial charge in [0.2, 0.25) is 0 Å². The van der Waals surface area contributed by atoms with Crippen molar-refractivity contribution < 1.29 is 15.0 Å². The van der Waals surface area contributed by atoms with Gasteiger partial charge >= 0.3 is 0 Å². The molecule has 0 radical (unpaired) electrons. The second-order valence-corrected chi connectivity index (χ2v) is 8.61. The van der Waals surface area contributed by atoms with Gasteiger partial charge in [0.15, 0.2) is 10.7 Å². The smallest absolute Gasteiger partial charge is 0.185 e. The first-order valence-corrected chi connectivity index (χ1v) is 10.5. The number of hydrogen-bond donors (Lipinski definition) is 3. The van der Waals surface area contributed by atoms with Gasteiger partial charge in [-0.15, -0.1) is 12.6 Å². The first-order valence-electron chi connectivity index (χ1n) is 10.1. The molecule has 0 saturated heterocycles. The van der Waals surface area contributed by atoms with Crippen molar-refractivity contribution in [2.24, 2.45) is 22.7 Å². The zero-order valence-corrected chi connectivity index (χ0v) is 17.2. The van der Waals surface area contributed by atoms with Crippen molar-refractivity contribution in [2.75, 3.05) is 0 Å². The molecule has 6 atom stereocenters. The third kappa shape index (κ3) is 5.43. The summed E-state index contributed by atoms with van der Waals surface area (Å²) < 4.78 is 0. The van der Waals surface area contributed by atoms with E-state index in [-0.39, 0.29) is 22.9 Å². The van der Waals surface area contributed by atoms with Gasteiger partial charge in [-0.2, -0.15) is 5.26 Å². The molecule has 1 fully saturated rings. The van der Waals surface area contributed by atoms with Crippen LogP contribution in [0.25, 0.3) is 0 Å². The molecule has 6 unspecified atom stereocenters. The Morgan fingerprint density at radius 3 is 2.89 bits per heavy atom. The molecule has 0 aromatic carbocycles. The van der Waals surface area contributed by atoms with E-state index in [1.165, 1.54) is 0 Å². The van der Waals surface area contributed by atoms with Crippen LogP contribution in [0.5, 0.6) is 0 Å². The van der Waals surface area contributed by atoms with Crippen LogP contribution in [-0.2, 0) is 4.79 Å². The summed E-state index contributed by atoms with van der Waals surface area (Å²) in [6.45, 7) is 4.17. The van der Waals surface area contributed by atoms with E-state index in [4.69, 9.17) is 0 Å². The highest BCUT2D eigenvalue weighted by Gasteiger charge is 2.56. The Kier molecular flexibility index (Phi) is 8.08. The van der Waals surface area contributed by atoms with Gasteiger partial charge in [-0.3, -0.25) is 9.79 Å². The molecule has 150 valence electrons. The van der Waals surface area contributed by atoms with Crippen molar-refractivity contribution in [3.8, 4) is 6.07 Å². The van der Waals surface area contributed by atoms with Gasteiger partial charge in [0.1, 0.15) is 0 Å². The zero-order chi connectivity index (χ0) is 20.0. The maximum absolute atomic E-state index is 11.0. The van der Waals surface area contributed by atoms with Crippen molar-refractivity contribution in [2.45, 2.75) is 83.0 Å². The summed E-state index contributed by atoms with van der Waals surface area (Å²) in [4.78, 5) is 15.7. The molecule has 2 N–H and O–H groups in total. The highest BCUT2D eigenvalue weighted by Crippen LogP contribution is 2.49. The van der Waals surface area contributed by atoms with Gasteiger partial charge < -0.3 is 10.2 Å². The predicted molar refractivity (Wildman–Crippen MR) is 110 cm³/mol. The lowest BCUT2D eigenvalue weighted by Gasteiger charge is -2.21. The number of nitriles is 1. The maximum Gasteiger partial charge on any atom is 0.185 e. The summed E-state index contributed by atoms with van der Waals surface area (Å²) in [7, 11) is 0. The Balaban J connectivity index is 2.03. The van der Waals surface area contributed by atoms with E-state index in [0.717, 1.165) is 25.0 Å². The zero-order valence-electron chi connectivity index (χ0n) is 16.3. The highest BCUT2D eigenvalue weighted by molar-refractivity contribution is 7.96. The SMILES string of the molecule is CCCCC(C)C(O)/C=C/C1C(O)CC2(C#N)N=C(CCCC(=O)S)CC12. The number of rotatable bonds is 10. The lowest BCUT2D eigenvalue weighted by atomic mass is 9.82. The van der Waals surface area contributed by atoms with Gasteiger partial charge in [-0.05, 0) is 31.6 Å². The van der Waals surface area contributed by atoms with Crippen molar-refractivity contribution in [1.29, 1.82) is 5.26 Å². The van der Waals surface area contributed by atoms with Crippen LogP contribution in [0.1, 0.15) is 65.2 Å². The number of carbonyl (C=O) groups is 1. The fraction of sp³-hybridized carbons (Fsp3) is 0.762. The molecule has 0 aromatic heterocycles. The van der Waals surface area contributed by atoms with Crippen LogP contribution in [0.2, 0.25) is 0 Å². The second-order valence-electron chi connectivity index (χ2n) is 8.12. The Morgan fingerprint density at radius 2 is 2.26 bits per heavy atom. The van der Waals surface area contributed by atoms with E-state index >= 15 is 0 Å². The average molecular weight is 393 g/mol. The molecular weight excluding hydrogens is 360 g/mol. The number of hydrogen-bond acceptors (Lipinski definition) is 5. The monoisotopic (exact) mass is 392 g/mol. The standard InChI is InChI=1S/C21H32N2O3S/c1-3-4-6-14(2)18(24)10-9-16-17-11-15(7-5-8-20(26)27)23-21(17,13-22)12-19(16)25/h9-10,14,16-19,24-25H,3-8,11-12H2,1-2H3,(H,26,27)/b10-9+. The predicted octanol–water partition coefficient (Wildman–Crippen LogP) is 3.46. The Bertz CT molecular complexity index is 627. The van der Waals surface area contributed by atoms with E-state index in [2.05, 4.69) is 30.6 Å². The van der Waals surface area contributed by atoms with Crippen molar-refractivity contribution in [3.05, 3.63) is 12.2 Å².